The van der Waals surface area contributed by atoms with Crippen LogP contribution in [-0.4, -0.2) is 25.2 Å². The van der Waals surface area contributed by atoms with E-state index in [2.05, 4.69) is 11.7 Å². The third-order valence-electron chi connectivity index (χ3n) is 6.72. The van der Waals surface area contributed by atoms with E-state index in [1.807, 2.05) is 0 Å². The van der Waals surface area contributed by atoms with E-state index in [0.717, 1.165) is 30.5 Å². The maximum atomic E-state index is 14.8. The lowest BCUT2D eigenvalue weighted by Crippen LogP contribution is -2.35. The van der Waals surface area contributed by atoms with Gasteiger partial charge in [0.05, 0.1) is 13.2 Å². The Morgan fingerprint density at radius 3 is 1.95 bits per heavy atom. The molecule has 2 aliphatic heterocycles. The van der Waals surface area contributed by atoms with Crippen LogP contribution in [0.4, 0.5) is 35.1 Å². The first-order valence-electron chi connectivity index (χ1n) is 12.5. The van der Waals surface area contributed by atoms with Gasteiger partial charge in [0.25, 0.3) is 0 Å². The number of fused-ring (bicyclic) bond motifs is 2. The summed E-state index contributed by atoms with van der Waals surface area (Å²) in [5.74, 6) is -6.26. The lowest BCUT2D eigenvalue weighted by Gasteiger charge is -2.24. The molecule has 0 amide bonds. The molecule has 0 radical (unpaired) electrons. The number of ether oxygens (including phenoxy) is 4. The van der Waals surface area contributed by atoms with Crippen LogP contribution < -0.4 is 0 Å². The Labute approximate surface area is 229 Å². The van der Waals surface area contributed by atoms with Crippen molar-refractivity contribution in [2.24, 2.45) is 0 Å². The molecule has 0 spiro atoms. The number of rotatable bonds is 8. The van der Waals surface area contributed by atoms with Crippen LogP contribution in [0.15, 0.2) is 54.6 Å². The molecule has 41 heavy (non-hydrogen) atoms. The minimum Gasteiger partial charge on any atom is -0.320 e. The maximum absolute atomic E-state index is 14.8. The Kier molecular flexibility index (Phi) is 7.48. The molecule has 0 N–H and O–H groups in total. The molecule has 2 fully saturated rings. The smallest absolute Gasteiger partial charge is 0.320 e. The highest BCUT2D eigenvalue weighted by atomic mass is 19.4. The fourth-order valence-corrected chi connectivity index (χ4v) is 4.88. The summed E-state index contributed by atoms with van der Waals surface area (Å²) in [7, 11) is 0. The van der Waals surface area contributed by atoms with Gasteiger partial charge in [0.2, 0.25) is 0 Å². The van der Waals surface area contributed by atoms with Crippen LogP contribution in [0, 0.1) is 17.5 Å². The minimum atomic E-state index is -5.86. The molecular formula is C29H22F8O4. The number of halogens is 8. The first-order valence-corrected chi connectivity index (χ1v) is 12.5. The third kappa shape index (κ3) is 5.87. The van der Waals surface area contributed by atoms with Gasteiger partial charge in [-0.1, -0.05) is 61.9 Å². The van der Waals surface area contributed by atoms with Crippen LogP contribution in [0.2, 0.25) is 0 Å². The monoisotopic (exact) mass is 586 g/mol. The molecule has 3 aromatic rings. The van der Waals surface area contributed by atoms with Gasteiger partial charge in [0.15, 0.2) is 0 Å². The SMILES string of the molecule is CCCC12COC(c3ccc(C=Cc4ccc(-c5cc(F)c(C(F)(F)OC(F)(F)F)c(F)c5)c(F)c4)cc3)(OC1)O2. The van der Waals surface area contributed by atoms with Crippen molar-refractivity contribution in [1.82, 2.24) is 0 Å². The Bertz CT molecular complexity index is 1440. The van der Waals surface area contributed by atoms with Crippen LogP contribution in [0.3, 0.4) is 0 Å². The first-order chi connectivity index (χ1) is 19.2. The summed E-state index contributed by atoms with van der Waals surface area (Å²) in [5, 5.41) is 0. The zero-order valence-electron chi connectivity index (χ0n) is 21.3. The van der Waals surface area contributed by atoms with E-state index in [9.17, 15) is 35.1 Å². The molecule has 0 aromatic heterocycles. The normalized spacial score (nSPS) is 22.7. The summed E-state index contributed by atoms with van der Waals surface area (Å²) in [6, 6.07) is 11.4. The molecule has 0 saturated carbocycles. The van der Waals surface area contributed by atoms with Crippen molar-refractivity contribution < 1.29 is 54.1 Å². The summed E-state index contributed by atoms with van der Waals surface area (Å²) in [4.78, 5) is 0. The second-order valence-electron chi connectivity index (χ2n) is 9.74. The van der Waals surface area contributed by atoms with Crippen molar-refractivity contribution in [3.8, 4) is 11.1 Å². The van der Waals surface area contributed by atoms with Crippen molar-refractivity contribution in [3.05, 3.63) is 94.3 Å². The molecule has 4 nitrogen and oxygen atoms in total. The summed E-state index contributed by atoms with van der Waals surface area (Å²) in [6.45, 7) is 2.93. The van der Waals surface area contributed by atoms with E-state index in [-0.39, 0.29) is 5.56 Å². The van der Waals surface area contributed by atoms with E-state index in [1.54, 1.807) is 36.4 Å². The van der Waals surface area contributed by atoms with E-state index in [0.29, 0.717) is 36.5 Å². The molecule has 12 heteroatoms. The summed E-state index contributed by atoms with van der Waals surface area (Å²) in [5.41, 5.74) is -1.75. The molecule has 5 rings (SSSR count). The van der Waals surface area contributed by atoms with Crippen molar-refractivity contribution in [1.29, 1.82) is 0 Å². The van der Waals surface area contributed by atoms with Gasteiger partial charge in [-0.05, 0) is 41.3 Å². The quantitative estimate of drug-likeness (QED) is 0.197. The average molecular weight is 586 g/mol. The molecule has 2 heterocycles. The lowest BCUT2D eigenvalue weighted by molar-refractivity contribution is -0.432. The predicted octanol–water partition coefficient (Wildman–Crippen LogP) is 8.25. The topological polar surface area (TPSA) is 36.9 Å². The van der Waals surface area contributed by atoms with Gasteiger partial charge in [-0.15, -0.1) is 13.2 Å². The Hall–Kier alpha value is -3.32. The van der Waals surface area contributed by atoms with E-state index >= 15 is 0 Å². The van der Waals surface area contributed by atoms with Crippen LogP contribution in [-0.2, 0) is 31.0 Å². The summed E-state index contributed by atoms with van der Waals surface area (Å²) >= 11 is 0. The fraction of sp³-hybridized carbons (Fsp3) is 0.310. The highest BCUT2D eigenvalue weighted by Gasteiger charge is 2.59. The largest absolute Gasteiger partial charge is 0.527 e. The zero-order valence-corrected chi connectivity index (χ0v) is 21.3. The van der Waals surface area contributed by atoms with Crippen LogP contribution >= 0.6 is 0 Å². The Morgan fingerprint density at radius 1 is 0.805 bits per heavy atom. The molecule has 3 aromatic carbocycles. The van der Waals surface area contributed by atoms with Gasteiger partial charge in [-0.3, -0.25) is 0 Å². The Morgan fingerprint density at radius 2 is 1.39 bits per heavy atom. The number of alkyl halides is 5. The first kappa shape index (κ1) is 29.2. The second-order valence-corrected chi connectivity index (χ2v) is 9.74. The summed E-state index contributed by atoms with van der Waals surface area (Å²) < 4.78 is 128. The van der Waals surface area contributed by atoms with Gasteiger partial charge in [0.1, 0.15) is 28.6 Å². The van der Waals surface area contributed by atoms with Crippen molar-refractivity contribution in [2.75, 3.05) is 13.2 Å². The number of hydrogen-bond acceptors (Lipinski definition) is 4. The lowest BCUT2D eigenvalue weighted by atomic mass is 10.00. The van der Waals surface area contributed by atoms with Crippen LogP contribution in [0.25, 0.3) is 23.3 Å². The highest BCUT2D eigenvalue weighted by Crippen LogP contribution is 2.48. The molecule has 0 aliphatic carbocycles. The van der Waals surface area contributed by atoms with E-state index in [4.69, 9.17) is 14.2 Å². The molecular weight excluding hydrogens is 564 g/mol. The van der Waals surface area contributed by atoms with Crippen molar-refractivity contribution in [2.45, 2.75) is 43.8 Å². The molecule has 2 saturated heterocycles. The number of benzene rings is 3. The molecule has 0 atom stereocenters. The van der Waals surface area contributed by atoms with Gasteiger partial charge in [0, 0.05) is 11.1 Å². The molecule has 218 valence electrons. The average Bonchev–Trinajstić information content (AvgIpc) is 3.43. The van der Waals surface area contributed by atoms with Gasteiger partial charge >= 0.3 is 18.4 Å². The minimum absolute atomic E-state index is 0.305. The van der Waals surface area contributed by atoms with Crippen molar-refractivity contribution in [3.63, 3.8) is 0 Å². The van der Waals surface area contributed by atoms with Gasteiger partial charge in [-0.2, -0.15) is 8.78 Å². The molecule has 0 unspecified atom stereocenters. The zero-order chi connectivity index (χ0) is 29.6. The maximum Gasteiger partial charge on any atom is 0.527 e. The standard InChI is InChI=1S/C29H22F8O4/c1-2-11-26-15-38-28(40-26,39-16-26)20-8-5-17(6-9-20)3-4-18-7-10-21(22(30)12-18)19-13-23(31)25(24(32)14-19)27(33,34)41-29(35,36)37/h3-10,12-14H,2,11,15-16H2,1H3. The second kappa shape index (κ2) is 10.5. The summed E-state index contributed by atoms with van der Waals surface area (Å²) in [6.07, 6.45) is -6.21. The van der Waals surface area contributed by atoms with Gasteiger partial charge in [-0.25, -0.2) is 17.9 Å². The highest BCUT2D eigenvalue weighted by molar-refractivity contribution is 5.72. The van der Waals surface area contributed by atoms with Gasteiger partial charge < -0.3 is 14.2 Å². The van der Waals surface area contributed by atoms with E-state index < -0.39 is 52.6 Å². The third-order valence-corrected chi connectivity index (χ3v) is 6.72. The predicted molar refractivity (Wildman–Crippen MR) is 130 cm³/mol. The molecule has 2 aliphatic rings. The van der Waals surface area contributed by atoms with Crippen molar-refractivity contribution >= 4 is 12.2 Å². The van der Waals surface area contributed by atoms with Crippen LogP contribution in [0.1, 0.15) is 42.0 Å². The van der Waals surface area contributed by atoms with E-state index in [1.165, 1.54) is 6.07 Å². The number of hydrogen-bond donors (Lipinski definition) is 0. The Balaban J connectivity index is 1.31. The van der Waals surface area contributed by atoms with Crippen LogP contribution in [0.5, 0.6) is 0 Å². The fourth-order valence-electron chi connectivity index (χ4n) is 4.88. The molecule has 2 bridgehead atoms.